The van der Waals surface area contributed by atoms with Gasteiger partial charge in [0.05, 0.1) is 20.9 Å². The summed E-state index contributed by atoms with van der Waals surface area (Å²) in [6, 6.07) is 0. The monoisotopic (exact) mass is 290 g/mol. The first kappa shape index (κ1) is 12.5. The van der Waals surface area contributed by atoms with Crippen molar-refractivity contribution in [3.05, 3.63) is 33.4 Å². The number of hydrogen-bond acceptors (Lipinski definition) is 6. The zero-order valence-electron chi connectivity index (χ0n) is 10.8. The van der Waals surface area contributed by atoms with Gasteiger partial charge in [0.1, 0.15) is 12.1 Å². The van der Waals surface area contributed by atoms with Crippen LogP contribution in [0, 0.1) is 13.8 Å². The molecule has 3 rings (SSSR count). The molecule has 6 heteroatoms. The molecule has 19 heavy (non-hydrogen) atoms. The molecule has 0 spiro atoms. The highest BCUT2D eigenvalue weighted by Gasteiger charge is 2.07. The van der Waals surface area contributed by atoms with Crippen molar-refractivity contribution in [3.63, 3.8) is 0 Å². The normalized spacial score (nSPS) is 11.1. The Morgan fingerprint density at radius 3 is 2.84 bits per heavy atom. The second-order valence-electron chi connectivity index (χ2n) is 4.35. The van der Waals surface area contributed by atoms with Gasteiger partial charge in [0.2, 0.25) is 0 Å². The number of thiazole rings is 1. The van der Waals surface area contributed by atoms with Gasteiger partial charge < -0.3 is 5.32 Å². The van der Waals surface area contributed by atoms with Gasteiger partial charge in [0, 0.05) is 18.3 Å². The van der Waals surface area contributed by atoms with Crippen molar-refractivity contribution >= 4 is 38.7 Å². The molecule has 0 saturated heterocycles. The van der Waals surface area contributed by atoms with Gasteiger partial charge in [-0.2, -0.15) is 0 Å². The van der Waals surface area contributed by atoms with E-state index < -0.39 is 0 Å². The third-order valence-electron chi connectivity index (χ3n) is 2.87. The van der Waals surface area contributed by atoms with Crippen LogP contribution in [0.15, 0.2) is 17.1 Å². The Labute approximate surface area is 119 Å². The molecule has 0 aromatic carbocycles. The third-order valence-corrected chi connectivity index (χ3v) is 4.79. The average molecular weight is 290 g/mol. The van der Waals surface area contributed by atoms with E-state index in [0.29, 0.717) is 0 Å². The first-order valence-corrected chi connectivity index (χ1v) is 7.83. The quantitative estimate of drug-likeness (QED) is 0.800. The van der Waals surface area contributed by atoms with Crippen molar-refractivity contribution in [3.8, 4) is 0 Å². The Morgan fingerprint density at radius 2 is 2.05 bits per heavy atom. The summed E-state index contributed by atoms with van der Waals surface area (Å²) in [5.74, 6) is 0.926. The molecule has 0 fully saturated rings. The number of nitrogens with zero attached hydrogens (tertiary/aromatic N) is 3. The molecule has 1 N–H and O–H groups in total. The fourth-order valence-electron chi connectivity index (χ4n) is 1.93. The van der Waals surface area contributed by atoms with Crippen molar-refractivity contribution in [2.24, 2.45) is 0 Å². The second-order valence-corrected chi connectivity index (χ2v) is 6.30. The van der Waals surface area contributed by atoms with Crippen LogP contribution in [0.2, 0.25) is 0 Å². The number of fused-ring (bicyclic) bond motifs is 1. The van der Waals surface area contributed by atoms with Gasteiger partial charge in [-0.1, -0.05) is 0 Å². The van der Waals surface area contributed by atoms with Crippen molar-refractivity contribution in [1.29, 1.82) is 0 Å². The molecule has 0 amide bonds. The fourth-order valence-corrected chi connectivity index (χ4v) is 3.54. The summed E-state index contributed by atoms with van der Waals surface area (Å²) in [7, 11) is 0. The van der Waals surface area contributed by atoms with Crippen LogP contribution in [0.25, 0.3) is 10.2 Å². The van der Waals surface area contributed by atoms with Crippen LogP contribution in [-0.2, 0) is 6.42 Å². The van der Waals surface area contributed by atoms with Gasteiger partial charge in [-0.05, 0) is 24.8 Å². The van der Waals surface area contributed by atoms with E-state index in [4.69, 9.17) is 0 Å². The predicted molar refractivity (Wildman–Crippen MR) is 81.2 cm³/mol. The van der Waals surface area contributed by atoms with E-state index in [1.54, 1.807) is 29.0 Å². The number of thiophene rings is 1. The maximum absolute atomic E-state index is 4.46. The molecular formula is C13H14N4S2. The molecule has 0 atom stereocenters. The molecule has 0 aliphatic carbocycles. The zero-order chi connectivity index (χ0) is 13.2. The molecule has 4 nitrogen and oxygen atoms in total. The van der Waals surface area contributed by atoms with Crippen molar-refractivity contribution in [2.75, 3.05) is 11.9 Å². The molecule has 0 bridgehead atoms. The summed E-state index contributed by atoms with van der Waals surface area (Å²) in [5, 5.41) is 8.73. The highest BCUT2D eigenvalue weighted by Crippen LogP contribution is 2.28. The number of nitrogens with one attached hydrogen (secondary N) is 1. The SMILES string of the molecule is Cc1nc(CCNc2ncnc3c(C)csc23)cs1. The van der Waals surface area contributed by atoms with Crippen LogP contribution >= 0.6 is 22.7 Å². The first-order chi connectivity index (χ1) is 9.24. The molecule has 0 saturated carbocycles. The highest BCUT2D eigenvalue weighted by atomic mass is 32.1. The maximum atomic E-state index is 4.46. The number of rotatable bonds is 4. The Bertz CT molecular complexity index is 702. The van der Waals surface area contributed by atoms with Crippen molar-refractivity contribution < 1.29 is 0 Å². The standard InChI is InChI=1S/C13H14N4S2/c1-8-5-19-12-11(8)15-7-16-13(12)14-4-3-10-6-18-9(2)17-10/h5-7H,3-4H2,1-2H3,(H,14,15,16). The highest BCUT2D eigenvalue weighted by molar-refractivity contribution is 7.18. The molecule has 0 aliphatic rings. The average Bonchev–Trinajstić information content (AvgIpc) is 2.98. The predicted octanol–water partition coefficient (Wildman–Crippen LogP) is 3.42. The second kappa shape index (κ2) is 5.22. The van der Waals surface area contributed by atoms with Crippen LogP contribution < -0.4 is 5.32 Å². The zero-order valence-corrected chi connectivity index (χ0v) is 12.4. The van der Waals surface area contributed by atoms with Crippen molar-refractivity contribution in [1.82, 2.24) is 15.0 Å². The molecule has 3 aromatic heterocycles. The number of hydrogen-bond donors (Lipinski definition) is 1. The summed E-state index contributed by atoms with van der Waals surface area (Å²) in [6.45, 7) is 4.95. The van der Waals surface area contributed by atoms with Crippen LogP contribution in [0.5, 0.6) is 0 Å². The minimum atomic E-state index is 0.840. The lowest BCUT2D eigenvalue weighted by molar-refractivity contribution is 0.961. The Kier molecular flexibility index (Phi) is 3.44. The molecular weight excluding hydrogens is 276 g/mol. The van der Waals surface area contributed by atoms with Gasteiger partial charge in [-0.15, -0.1) is 22.7 Å². The molecule has 3 heterocycles. The Hall–Kier alpha value is -1.53. The van der Waals surface area contributed by atoms with Gasteiger partial charge >= 0.3 is 0 Å². The van der Waals surface area contributed by atoms with Crippen molar-refractivity contribution in [2.45, 2.75) is 20.3 Å². The third kappa shape index (κ3) is 2.59. The van der Waals surface area contributed by atoms with E-state index in [-0.39, 0.29) is 0 Å². The number of aromatic nitrogens is 3. The van der Waals surface area contributed by atoms with Gasteiger partial charge in [-0.3, -0.25) is 0 Å². The van der Waals surface area contributed by atoms with E-state index in [0.717, 1.165) is 39.7 Å². The molecule has 0 unspecified atom stereocenters. The van der Waals surface area contributed by atoms with E-state index in [9.17, 15) is 0 Å². The van der Waals surface area contributed by atoms with Crippen LogP contribution in [0.4, 0.5) is 5.82 Å². The minimum absolute atomic E-state index is 0.840. The summed E-state index contributed by atoms with van der Waals surface area (Å²) in [4.78, 5) is 13.1. The fraction of sp³-hybridized carbons (Fsp3) is 0.308. The summed E-state index contributed by atoms with van der Waals surface area (Å²) in [6.07, 6.45) is 2.54. The van der Waals surface area contributed by atoms with Crippen LogP contribution in [0.3, 0.4) is 0 Å². The van der Waals surface area contributed by atoms with Crippen LogP contribution in [-0.4, -0.2) is 21.5 Å². The Balaban J connectivity index is 1.71. The topological polar surface area (TPSA) is 50.7 Å². The van der Waals surface area contributed by atoms with Crippen LogP contribution in [0.1, 0.15) is 16.3 Å². The van der Waals surface area contributed by atoms with Gasteiger partial charge in [0.15, 0.2) is 0 Å². The van der Waals surface area contributed by atoms with E-state index in [2.05, 4.69) is 38.0 Å². The van der Waals surface area contributed by atoms with E-state index in [1.165, 1.54) is 5.56 Å². The van der Waals surface area contributed by atoms with Gasteiger partial charge in [0.25, 0.3) is 0 Å². The Morgan fingerprint density at radius 1 is 1.16 bits per heavy atom. The maximum Gasteiger partial charge on any atom is 0.147 e. The molecule has 0 radical (unpaired) electrons. The number of anilines is 1. The minimum Gasteiger partial charge on any atom is -0.368 e. The molecule has 0 aliphatic heterocycles. The first-order valence-electron chi connectivity index (χ1n) is 6.07. The largest absolute Gasteiger partial charge is 0.368 e. The smallest absolute Gasteiger partial charge is 0.147 e. The lowest BCUT2D eigenvalue weighted by atomic mass is 10.3. The van der Waals surface area contributed by atoms with E-state index in [1.807, 2.05) is 6.92 Å². The summed E-state index contributed by atoms with van der Waals surface area (Å²) < 4.78 is 1.13. The lowest BCUT2D eigenvalue weighted by Gasteiger charge is -2.04. The van der Waals surface area contributed by atoms with Gasteiger partial charge in [-0.25, -0.2) is 15.0 Å². The lowest BCUT2D eigenvalue weighted by Crippen LogP contribution is -2.06. The number of aryl methyl sites for hydroxylation is 2. The van der Waals surface area contributed by atoms with E-state index >= 15 is 0 Å². The summed E-state index contributed by atoms with van der Waals surface area (Å²) >= 11 is 3.38. The molecule has 3 aromatic rings. The summed E-state index contributed by atoms with van der Waals surface area (Å²) in [5.41, 5.74) is 3.40. The molecule has 98 valence electrons.